The number of rotatable bonds is 6. The lowest BCUT2D eigenvalue weighted by molar-refractivity contribution is -0.130. The van der Waals surface area contributed by atoms with E-state index in [2.05, 4.69) is 10.6 Å². The van der Waals surface area contributed by atoms with Gasteiger partial charge < -0.3 is 10.6 Å². The molecular weight excluding hydrogens is 357 g/mol. The van der Waals surface area contributed by atoms with Crippen molar-refractivity contribution in [2.45, 2.75) is 5.92 Å². The third kappa shape index (κ3) is 4.84. The lowest BCUT2D eigenvalue weighted by Gasteiger charge is -2.38. The van der Waals surface area contributed by atoms with E-state index in [0.29, 0.717) is 10.2 Å². The number of nitrogens with one attached hydrogen (secondary N) is 3. The number of likely N-dealkylation sites (tertiary alicyclic amines) is 1. The van der Waals surface area contributed by atoms with Crippen molar-refractivity contribution in [3.63, 3.8) is 0 Å². The third-order valence-electron chi connectivity index (χ3n) is 2.38. The van der Waals surface area contributed by atoms with Crippen LogP contribution in [0.25, 0.3) is 0 Å². The third-order valence-corrected chi connectivity index (χ3v) is 3.23. The predicted octanol–water partition coefficient (Wildman–Crippen LogP) is 0.569. The van der Waals surface area contributed by atoms with Crippen molar-refractivity contribution in [3.05, 3.63) is 9.78 Å². The summed E-state index contributed by atoms with van der Waals surface area (Å²) in [6, 6.07) is 0. The molecule has 102 valence electrons. The van der Waals surface area contributed by atoms with Crippen LogP contribution in [-0.4, -0.2) is 55.7 Å². The van der Waals surface area contributed by atoms with Crippen LogP contribution >= 0.6 is 22.6 Å². The maximum Gasteiger partial charge on any atom is 0.272 e. The molecule has 1 amide bonds. The summed E-state index contributed by atoms with van der Waals surface area (Å²) < 4.78 is 25.7. The highest BCUT2D eigenvalue weighted by Crippen LogP contribution is 2.25. The Morgan fingerprint density at radius 2 is 2.17 bits per heavy atom. The van der Waals surface area contributed by atoms with Crippen molar-refractivity contribution < 1.29 is 13.6 Å². The lowest BCUT2D eigenvalue weighted by Crippen LogP contribution is -2.57. The normalized spacial score (nSPS) is 19.0. The van der Waals surface area contributed by atoms with Crippen molar-refractivity contribution in [3.8, 4) is 0 Å². The molecule has 0 spiro atoms. The second kappa shape index (κ2) is 6.41. The Balaban J connectivity index is 2.20. The Morgan fingerprint density at radius 3 is 2.67 bits per heavy atom. The van der Waals surface area contributed by atoms with E-state index in [0.717, 1.165) is 0 Å². The zero-order valence-electron chi connectivity index (χ0n) is 9.90. The van der Waals surface area contributed by atoms with Gasteiger partial charge in [-0.15, -0.1) is 0 Å². The van der Waals surface area contributed by atoms with Gasteiger partial charge in [0.05, 0.1) is 16.8 Å². The van der Waals surface area contributed by atoms with Crippen molar-refractivity contribution in [2.75, 3.05) is 33.2 Å². The first-order valence-electron chi connectivity index (χ1n) is 5.36. The van der Waals surface area contributed by atoms with Crippen LogP contribution in [0.2, 0.25) is 0 Å². The molecule has 0 bridgehead atoms. The van der Waals surface area contributed by atoms with Gasteiger partial charge in [0.15, 0.2) is 0 Å². The number of nitrogens with zero attached hydrogens (tertiary/aromatic N) is 1. The maximum absolute atomic E-state index is 12.5. The summed E-state index contributed by atoms with van der Waals surface area (Å²) in [5.74, 6) is -3.09. The summed E-state index contributed by atoms with van der Waals surface area (Å²) in [7, 11) is 1.69. The number of alkyl halides is 2. The molecule has 0 aromatic heterocycles. The molecule has 0 aromatic rings. The molecule has 8 heteroatoms. The molecule has 1 aliphatic rings. The number of hydrogen-bond donors (Lipinski definition) is 3. The van der Waals surface area contributed by atoms with Gasteiger partial charge >= 0.3 is 0 Å². The van der Waals surface area contributed by atoms with Crippen molar-refractivity contribution in [1.82, 2.24) is 15.5 Å². The summed E-state index contributed by atoms with van der Waals surface area (Å²) in [5.41, 5.74) is -0.164. The van der Waals surface area contributed by atoms with E-state index in [-0.39, 0.29) is 25.3 Å². The van der Waals surface area contributed by atoms with E-state index in [1.165, 1.54) is 6.08 Å². The second-order valence-electron chi connectivity index (χ2n) is 3.98. The van der Waals surface area contributed by atoms with Crippen molar-refractivity contribution in [2.24, 2.45) is 0 Å². The molecule has 5 nitrogen and oxygen atoms in total. The molecule has 0 atom stereocenters. The fourth-order valence-corrected chi connectivity index (χ4v) is 1.76. The van der Waals surface area contributed by atoms with Crippen LogP contribution in [0, 0.1) is 5.41 Å². The molecule has 0 aliphatic carbocycles. The average Bonchev–Trinajstić information content (AvgIpc) is 2.25. The Hall–Kier alpha value is -0.770. The minimum absolute atomic E-state index is 0.164. The largest absolute Gasteiger partial charge is 0.383 e. The van der Waals surface area contributed by atoms with Gasteiger partial charge in [0.2, 0.25) is 0 Å². The van der Waals surface area contributed by atoms with E-state index >= 15 is 0 Å². The highest BCUT2D eigenvalue weighted by atomic mass is 127. The molecule has 0 radical (unpaired) electrons. The van der Waals surface area contributed by atoms with Crippen LogP contribution in [0.15, 0.2) is 9.78 Å². The average molecular weight is 372 g/mol. The van der Waals surface area contributed by atoms with Crippen molar-refractivity contribution >= 4 is 34.2 Å². The molecule has 0 saturated carbocycles. The molecule has 0 aromatic carbocycles. The van der Waals surface area contributed by atoms with Crippen molar-refractivity contribution in [1.29, 1.82) is 5.41 Å². The molecule has 18 heavy (non-hydrogen) atoms. The molecule has 0 unspecified atom stereocenters. The Kier molecular flexibility index (Phi) is 5.45. The monoisotopic (exact) mass is 372 g/mol. The molecule has 1 heterocycles. The zero-order chi connectivity index (χ0) is 13.8. The molecular formula is C10H15F2IN4O. The van der Waals surface area contributed by atoms with Crippen LogP contribution in [0.3, 0.4) is 0 Å². The quantitative estimate of drug-likeness (QED) is 0.363. The summed E-state index contributed by atoms with van der Waals surface area (Å²) in [6.45, 7) is 0.137. The van der Waals surface area contributed by atoms with Crippen LogP contribution < -0.4 is 10.6 Å². The van der Waals surface area contributed by atoms with E-state index in [4.69, 9.17) is 5.41 Å². The van der Waals surface area contributed by atoms with Crippen LogP contribution in [0.1, 0.15) is 0 Å². The topological polar surface area (TPSA) is 68.2 Å². The van der Waals surface area contributed by atoms with E-state index in [9.17, 15) is 13.6 Å². The smallest absolute Gasteiger partial charge is 0.272 e. The minimum atomic E-state index is -2.58. The van der Waals surface area contributed by atoms with Crippen LogP contribution in [-0.2, 0) is 4.79 Å². The predicted molar refractivity (Wildman–Crippen MR) is 73.3 cm³/mol. The van der Waals surface area contributed by atoms with E-state index in [1.54, 1.807) is 11.9 Å². The summed E-state index contributed by atoms with van der Waals surface area (Å²) in [6.07, 6.45) is 1.40. The SMILES string of the molecule is CN/C(I)=C\C(=N)C(=O)NCCN1CC(F)(F)C1. The maximum atomic E-state index is 12.5. The van der Waals surface area contributed by atoms with E-state index < -0.39 is 11.8 Å². The first-order chi connectivity index (χ1) is 8.34. The number of hydrogen-bond acceptors (Lipinski definition) is 4. The number of halogens is 3. The molecule has 3 N–H and O–H groups in total. The molecule has 1 saturated heterocycles. The fourth-order valence-electron chi connectivity index (χ4n) is 1.45. The number of carbonyl (C=O) groups excluding carboxylic acids is 1. The Morgan fingerprint density at radius 1 is 1.56 bits per heavy atom. The van der Waals surface area contributed by atoms with Gasteiger partial charge in [-0.05, 0) is 28.7 Å². The standard InChI is InChI=1S/C10H15F2IN4O/c1-15-8(13)4-7(14)9(18)16-2-3-17-5-10(11,12)6-17/h4,14-15H,2-3,5-6H2,1H3,(H,16,18)/b8-4-,14-7?. The fraction of sp³-hybridized carbons (Fsp3) is 0.600. The highest BCUT2D eigenvalue weighted by Gasteiger charge is 2.43. The van der Waals surface area contributed by atoms with Gasteiger partial charge in [-0.3, -0.25) is 15.1 Å². The summed E-state index contributed by atoms with van der Waals surface area (Å²) in [4.78, 5) is 13.0. The molecule has 1 aliphatic heterocycles. The summed E-state index contributed by atoms with van der Waals surface area (Å²) >= 11 is 1.96. The molecule has 1 rings (SSSR count). The number of amides is 1. The number of carbonyl (C=O) groups is 1. The first kappa shape index (κ1) is 15.3. The summed E-state index contributed by atoms with van der Waals surface area (Å²) in [5, 5.41) is 12.8. The minimum Gasteiger partial charge on any atom is -0.383 e. The van der Waals surface area contributed by atoms with E-state index in [1.807, 2.05) is 22.6 Å². The molecule has 1 fully saturated rings. The van der Waals surface area contributed by atoms with Crippen LogP contribution in [0.5, 0.6) is 0 Å². The Bertz CT molecular complexity index is 365. The van der Waals surface area contributed by atoms with Gasteiger partial charge in [0.1, 0.15) is 5.71 Å². The Labute approximate surface area is 118 Å². The van der Waals surface area contributed by atoms with Gasteiger partial charge in [-0.2, -0.15) is 0 Å². The van der Waals surface area contributed by atoms with Gasteiger partial charge in [-0.1, -0.05) is 0 Å². The van der Waals surface area contributed by atoms with Crippen LogP contribution in [0.4, 0.5) is 8.78 Å². The first-order valence-corrected chi connectivity index (χ1v) is 6.44. The lowest BCUT2D eigenvalue weighted by atomic mass is 10.1. The van der Waals surface area contributed by atoms with Gasteiger partial charge in [-0.25, -0.2) is 8.78 Å². The van der Waals surface area contributed by atoms with Gasteiger partial charge in [0, 0.05) is 20.1 Å². The zero-order valence-corrected chi connectivity index (χ0v) is 12.1. The van der Waals surface area contributed by atoms with Gasteiger partial charge in [0.25, 0.3) is 11.8 Å². The highest BCUT2D eigenvalue weighted by molar-refractivity contribution is 14.1. The second-order valence-corrected chi connectivity index (χ2v) is 5.14.